The lowest BCUT2D eigenvalue weighted by Gasteiger charge is -2.31. The number of methoxy groups -OCH3 is 1. The second-order valence-corrected chi connectivity index (χ2v) is 9.25. The van der Waals surface area contributed by atoms with E-state index >= 15 is 0 Å². The summed E-state index contributed by atoms with van der Waals surface area (Å²) in [6, 6.07) is 10.1. The predicted molar refractivity (Wildman–Crippen MR) is 128 cm³/mol. The van der Waals surface area contributed by atoms with Gasteiger partial charge in [-0.2, -0.15) is 0 Å². The number of piperidine rings is 1. The zero-order valence-electron chi connectivity index (χ0n) is 19.2. The number of likely N-dealkylation sites (tertiary alicyclic amines) is 1. The van der Waals surface area contributed by atoms with E-state index in [4.69, 9.17) is 19.3 Å². The predicted octanol–water partition coefficient (Wildman–Crippen LogP) is 4.34. The Labute approximate surface area is 206 Å². The van der Waals surface area contributed by atoms with E-state index in [9.17, 15) is 9.18 Å². The van der Waals surface area contributed by atoms with Crippen LogP contribution in [0.3, 0.4) is 0 Å². The molecule has 0 saturated carbocycles. The van der Waals surface area contributed by atoms with Gasteiger partial charge in [0.1, 0.15) is 16.5 Å². The largest absolute Gasteiger partial charge is 0.491 e. The van der Waals surface area contributed by atoms with E-state index in [0.29, 0.717) is 36.7 Å². The summed E-state index contributed by atoms with van der Waals surface area (Å²) >= 11 is 1.52. The van der Waals surface area contributed by atoms with Crippen molar-refractivity contribution in [2.75, 3.05) is 26.8 Å². The Kier molecular flexibility index (Phi) is 6.89. The van der Waals surface area contributed by atoms with E-state index < -0.39 is 6.10 Å². The molecule has 4 heterocycles. The maximum Gasteiger partial charge on any atom is 0.260 e. The summed E-state index contributed by atoms with van der Waals surface area (Å²) in [4.78, 5) is 28.8. The standard InChI is InChI=1S/C25H25FN4O4S/c1-32-21-7-4-10-27-24(21)33-14-23(31)30-11-8-16(9-12-30)20-15-35-25(28-20)19-13-22(34-29-19)17-5-2-3-6-18(17)26/h2-7,10,15-16,22H,8-9,11-14H2,1H3. The summed E-state index contributed by atoms with van der Waals surface area (Å²) in [5, 5.41) is 7.02. The van der Waals surface area contributed by atoms with Crippen molar-refractivity contribution in [2.24, 2.45) is 5.16 Å². The van der Waals surface area contributed by atoms with Gasteiger partial charge in [0, 0.05) is 42.6 Å². The number of aromatic nitrogens is 2. The third-order valence-corrected chi connectivity index (χ3v) is 7.15. The number of nitrogens with zero attached hydrogens (tertiary/aromatic N) is 4. The second kappa shape index (κ2) is 10.4. The number of pyridine rings is 1. The number of amides is 1. The molecule has 0 aliphatic carbocycles. The van der Waals surface area contributed by atoms with Crippen molar-refractivity contribution >= 4 is 23.0 Å². The first-order valence-corrected chi connectivity index (χ1v) is 12.3. The monoisotopic (exact) mass is 496 g/mol. The molecule has 1 unspecified atom stereocenters. The van der Waals surface area contributed by atoms with Gasteiger partial charge in [0.25, 0.3) is 11.8 Å². The molecule has 2 aliphatic heterocycles. The highest BCUT2D eigenvalue weighted by atomic mass is 32.1. The van der Waals surface area contributed by atoms with Gasteiger partial charge in [-0.15, -0.1) is 11.3 Å². The molecule has 1 amide bonds. The molecule has 5 rings (SSSR count). The SMILES string of the molecule is COc1cccnc1OCC(=O)N1CCC(c2csc(C3=NOC(c4ccccc4F)C3)n2)CC1. The molecule has 0 spiro atoms. The van der Waals surface area contributed by atoms with Crippen molar-refractivity contribution in [3.05, 3.63) is 70.1 Å². The Balaban J connectivity index is 1.13. The maximum absolute atomic E-state index is 14.1. The van der Waals surface area contributed by atoms with Gasteiger partial charge in [0.05, 0.1) is 12.8 Å². The summed E-state index contributed by atoms with van der Waals surface area (Å²) in [6.07, 6.45) is 3.30. The van der Waals surface area contributed by atoms with E-state index in [0.717, 1.165) is 29.3 Å². The minimum Gasteiger partial charge on any atom is -0.491 e. The number of hydrogen-bond donors (Lipinski definition) is 0. The van der Waals surface area contributed by atoms with E-state index in [-0.39, 0.29) is 24.2 Å². The van der Waals surface area contributed by atoms with Gasteiger partial charge < -0.3 is 19.2 Å². The number of ether oxygens (including phenoxy) is 2. The van der Waals surface area contributed by atoms with Gasteiger partial charge in [-0.3, -0.25) is 4.79 Å². The smallest absolute Gasteiger partial charge is 0.260 e. The Hall–Kier alpha value is -3.53. The molecule has 10 heteroatoms. The summed E-state index contributed by atoms with van der Waals surface area (Å²) in [7, 11) is 1.54. The molecule has 1 fully saturated rings. The van der Waals surface area contributed by atoms with Gasteiger partial charge in [-0.25, -0.2) is 14.4 Å². The molecule has 2 aromatic heterocycles. The fraction of sp³-hybridized carbons (Fsp3) is 0.360. The molecule has 0 bridgehead atoms. The molecule has 2 aliphatic rings. The lowest BCUT2D eigenvalue weighted by Crippen LogP contribution is -2.40. The van der Waals surface area contributed by atoms with Crippen LogP contribution >= 0.6 is 11.3 Å². The molecule has 0 radical (unpaired) electrons. The highest BCUT2D eigenvalue weighted by molar-refractivity contribution is 7.11. The van der Waals surface area contributed by atoms with E-state index in [1.54, 1.807) is 36.5 Å². The van der Waals surface area contributed by atoms with Crippen LogP contribution in [0.15, 0.2) is 53.1 Å². The molecule has 1 atom stereocenters. The van der Waals surface area contributed by atoms with Crippen LogP contribution in [0.5, 0.6) is 11.6 Å². The zero-order chi connectivity index (χ0) is 24.2. The van der Waals surface area contributed by atoms with Crippen molar-refractivity contribution in [1.29, 1.82) is 0 Å². The fourth-order valence-electron chi connectivity index (χ4n) is 4.30. The maximum atomic E-state index is 14.1. The molecular weight excluding hydrogens is 471 g/mol. The summed E-state index contributed by atoms with van der Waals surface area (Å²) in [5.74, 6) is 0.706. The number of benzene rings is 1. The minimum atomic E-state index is -0.430. The third kappa shape index (κ3) is 5.12. The van der Waals surface area contributed by atoms with E-state index in [2.05, 4.69) is 10.1 Å². The number of oxime groups is 1. The van der Waals surface area contributed by atoms with Gasteiger partial charge in [0.2, 0.25) is 0 Å². The third-order valence-electron chi connectivity index (χ3n) is 6.24. The highest BCUT2D eigenvalue weighted by Gasteiger charge is 2.30. The topological polar surface area (TPSA) is 86.1 Å². The summed E-state index contributed by atoms with van der Waals surface area (Å²) < 4.78 is 24.9. The second-order valence-electron chi connectivity index (χ2n) is 8.39. The molecule has 3 aromatic rings. The average Bonchev–Trinajstić information content (AvgIpc) is 3.58. The Bertz CT molecular complexity index is 1230. The number of thiazole rings is 1. The van der Waals surface area contributed by atoms with Crippen molar-refractivity contribution in [2.45, 2.75) is 31.3 Å². The first kappa shape index (κ1) is 23.2. The zero-order valence-corrected chi connectivity index (χ0v) is 20.0. The number of hydrogen-bond acceptors (Lipinski definition) is 8. The number of carbonyl (C=O) groups excluding carboxylic acids is 1. The van der Waals surface area contributed by atoms with Crippen LogP contribution in [-0.4, -0.2) is 53.3 Å². The van der Waals surface area contributed by atoms with Crippen LogP contribution in [0.4, 0.5) is 4.39 Å². The molecule has 0 N–H and O–H groups in total. The molecule has 182 valence electrons. The van der Waals surface area contributed by atoms with Gasteiger partial charge in [-0.1, -0.05) is 23.4 Å². The lowest BCUT2D eigenvalue weighted by atomic mass is 9.94. The van der Waals surface area contributed by atoms with Gasteiger partial charge in [0.15, 0.2) is 18.5 Å². The first-order chi connectivity index (χ1) is 17.1. The number of halogens is 1. The van der Waals surface area contributed by atoms with Crippen molar-refractivity contribution < 1.29 is 23.5 Å². The number of carbonyl (C=O) groups is 1. The fourth-order valence-corrected chi connectivity index (χ4v) is 5.19. The normalized spacial score (nSPS) is 18.2. The van der Waals surface area contributed by atoms with Crippen LogP contribution in [0.25, 0.3) is 0 Å². The lowest BCUT2D eigenvalue weighted by molar-refractivity contribution is -0.134. The molecule has 8 nitrogen and oxygen atoms in total. The van der Waals surface area contributed by atoms with Crippen LogP contribution in [0.1, 0.15) is 47.5 Å². The van der Waals surface area contributed by atoms with Crippen molar-refractivity contribution in [1.82, 2.24) is 14.9 Å². The molecule has 35 heavy (non-hydrogen) atoms. The minimum absolute atomic E-state index is 0.0771. The number of rotatable bonds is 7. The van der Waals surface area contributed by atoms with Crippen LogP contribution in [-0.2, 0) is 9.63 Å². The first-order valence-electron chi connectivity index (χ1n) is 11.4. The Morgan fingerprint density at radius 3 is 2.86 bits per heavy atom. The van der Waals surface area contributed by atoms with Crippen LogP contribution < -0.4 is 9.47 Å². The van der Waals surface area contributed by atoms with Gasteiger partial charge in [-0.05, 0) is 31.0 Å². The summed E-state index contributed by atoms with van der Waals surface area (Å²) in [5.41, 5.74) is 2.25. The molecule has 1 aromatic carbocycles. The Morgan fingerprint density at radius 2 is 2.06 bits per heavy atom. The highest BCUT2D eigenvalue weighted by Crippen LogP contribution is 2.34. The van der Waals surface area contributed by atoms with Crippen LogP contribution in [0, 0.1) is 5.82 Å². The quantitative estimate of drug-likeness (QED) is 0.484. The molecule has 1 saturated heterocycles. The van der Waals surface area contributed by atoms with Crippen molar-refractivity contribution in [3.8, 4) is 11.6 Å². The van der Waals surface area contributed by atoms with Crippen LogP contribution in [0.2, 0.25) is 0 Å². The van der Waals surface area contributed by atoms with Gasteiger partial charge >= 0.3 is 0 Å². The van der Waals surface area contributed by atoms with Crippen molar-refractivity contribution in [3.63, 3.8) is 0 Å². The molecular formula is C25H25FN4O4S. The Morgan fingerprint density at radius 1 is 1.23 bits per heavy atom. The van der Waals surface area contributed by atoms with E-state index in [1.807, 2.05) is 10.3 Å². The van der Waals surface area contributed by atoms with E-state index in [1.165, 1.54) is 24.5 Å². The average molecular weight is 497 g/mol. The summed E-state index contributed by atoms with van der Waals surface area (Å²) in [6.45, 7) is 1.19.